The molecule has 2 aliphatic rings. The number of rotatable bonds is 9. The van der Waals surface area contributed by atoms with Crippen LogP contribution in [0.1, 0.15) is 74.9 Å². The number of fused-ring (bicyclic) bond motifs is 6. The minimum Gasteiger partial charge on any atom is -0.310 e. The molecule has 0 aliphatic heterocycles. The zero-order valence-corrected chi connectivity index (χ0v) is 38.2. The number of nitrogens with zero attached hydrogens (tertiary/aromatic N) is 2. The molecule has 0 bridgehead atoms. The van der Waals surface area contributed by atoms with Crippen LogP contribution in [0.25, 0.3) is 33.4 Å². The molecule has 0 atom stereocenters. The van der Waals surface area contributed by atoms with E-state index in [9.17, 15) is 0 Å². The van der Waals surface area contributed by atoms with E-state index < -0.39 is 0 Å². The Hall–Kier alpha value is -7.42. The summed E-state index contributed by atoms with van der Waals surface area (Å²) < 4.78 is 0. The topological polar surface area (TPSA) is 6.48 Å². The lowest BCUT2D eigenvalue weighted by molar-refractivity contribution is 0.641. The fraction of sp³-hybridized carbons (Fsp3) is 0.143. The third kappa shape index (κ3) is 6.70. The molecule has 0 radical (unpaired) electrons. The van der Waals surface area contributed by atoms with Crippen LogP contribution in [0, 0.1) is 0 Å². The Balaban J connectivity index is 1.12. The van der Waals surface area contributed by atoms with Gasteiger partial charge in [-0.1, -0.05) is 193 Å². The molecule has 2 nitrogen and oxygen atoms in total. The Kier molecular flexibility index (Phi) is 9.55. The van der Waals surface area contributed by atoms with E-state index in [1.807, 2.05) is 0 Å². The molecule has 11 rings (SSSR count). The molecule has 0 aromatic heterocycles. The van der Waals surface area contributed by atoms with Crippen LogP contribution < -0.4 is 9.80 Å². The molecular weight excluding hydrogens is 785 g/mol. The highest BCUT2D eigenvalue weighted by Crippen LogP contribution is 2.53. The van der Waals surface area contributed by atoms with Gasteiger partial charge in [-0.15, -0.1) is 0 Å². The van der Waals surface area contributed by atoms with Gasteiger partial charge >= 0.3 is 0 Å². The van der Waals surface area contributed by atoms with E-state index in [-0.39, 0.29) is 16.2 Å². The van der Waals surface area contributed by atoms with Gasteiger partial charge in [-0.2, -0.15) is 0 Å². The van der Waals surface area contributed by atoms with Crippen LogP contribution in [0.4, 0.5) is 34.1 Å². The summed E-state index contributed by atoms with van der Waals surface area (Å²) in [5.41, 5.74) is 21.8. The molecule has 2 heteroatoms. The summed E-state index contributed by atoms with van der Waals surface area (Å²) in [6.07, 6.45) is 0. The van der Waals surface area contributed by atoms with Gasteiger partial charge in [0.15, 0.2) is 0 Å². The molecule has 0 saturated carbocycles. The molecule has 0 spiro atoms. The number of hydrogen-bond acceptors (Lipinski definition) is 2. The summed E-state index contributed by atoms with van der Waals surface area (Å²) in [6, 6.07) is 80.9. The highest BCUT2D eigenvalue weighted by atomic mass is 15.2. The minimum absolute atomic E-state index is 0.141. The molecule has 0 N–H and O–H groups in total. The lowest BCUT2D eigenvalue weighted by Gasteiger charge is -2.32. The summed E-state index contributed by atoms with van der Waals surface area (Å²) in [4.78, 5) is 4.90. The number of hydrogen-bond donors (Lipinski definition) is 0. The maximum absolute atomic E-state index is 2.45. The van der Waals surface area contributed by atoms with E-state index in [1.165, 1.54) is 55.6 Å². The van der Waals surface area contributed by atoms with Crippen molar-refractivity contribution in [3.63, 3.8) is 0 Å². The lowest BCUT2D eigenvalue weighted by Crippen LogP contribution is -2.18. The monoisotopic (exact) mass is 838 g/mol. The summed E-state index contributed by atoms with van der Waals surface area (Å²) in [7, 11) is 0. The van der Waals surface area contributed by atoms with E-state index in [1.54, 1.807) is 0 Å². The largest absolute Gasteiger partial charge is 0.310 e. The Morgan fingerprint density at radius 2 is 0.677 bits per heavy atom. The molecule has 65 heavy (non-hydrogen) atoms. The van der Waals surface area contributed by atoms with Crippen molar-refractivity contribution in [1.29, 1.82) is 0 Å². The molecule has 0 amide bonds. The van der Waals surface area contributed by atoms with E-state index in [0.29, 0.717) is 0 Å². The minimum atomic E-state index is -0.150. The Morgan fingerprint density at radius 1 is 0.292 bits per heavy atom. The molecular formula is C63H54N2. The van der Waals surface area contributed by atoms with Crippen LogP contribution in [0.15, 0.2) is 218 Å². The highest BCUT2D eigenvalue weighted by Gasteiger charge is 2.37. The first kappa shape index (κ1) is 40.4. The van der Waals surface area contributed by atoms with Gasteiger partial charge in [-0.05, 0) is 133 Å². The van der Waals surface area contributed by atoms with Gasteiger partial charge in [0.2, 0.25) is 0 Å². The summed E-state index contributed by atoms with van der Waals surface area (Å²) >= 11 is 0. The van der Waals surface area contributed by atoms with Crippen LogP contribution in [0.5, 0.6) is 0 Å². The van der Waals surface area contributed by atoms with Gasteiger partial charge in [0, 0.05) is 50.4 Å². The molecule has 0 unspecified atom stereocenters. The van der Waals surface area contributed by atoms with Crippen LogP contribution in [-0.4, -0.2) is 0 Å². The normalized spacial score (nSPS) is 13.9. The maximum atomic E-state index is 2.45. The molecule has 9 aromatic carbocycles. The fourth-order valence-electron chi connectivity index (χ4n) is 10.8. The van der Waals surface area contributed by atoms with E-state index in [2.05, 4.69) is 270 Å². The second-order valence-corrected chi connectivity index (χ2v) is 19.4. The number of benzene rings is 9. The van der Waals surface area contributed by atoms with Crippen LogP contribution in [-0.2, 0) is 16.2 Å². The van der Waals surface area contributed by atoms with Crippen molar-refractivity contribution < 1.29 is 0 Å². The predicted molar refractivity (Wildman–Crippen MR) is 275 cm³/mol. The van der Waals surface area contributed by atoms with Crippen molar-refractivity contribution in [2.75, 3.05) is 9.80 Å². The molecule has 0 heterocycles. The van der Waals surface area contributed by atoms with E-state index in [0.717, 1.165) is 45.3 Å². The van der Waals surface area contributed by atoms with Crippen LogP contribution >= 0.6 is 0 Å². The molecule has 0 fully saturated rings. The smallest absolute Gasteiger partial charge is 0.0488 e. The highest BCUT2D eigenvalue weighted by molar-refractivity contribution is 5.91. The first-order valence-electron chi connectivity index (χ1n) is 23.0. The molecule has 316 valence electrons. The first-order valence-corrected chi connectivity index (χ1v) is 23.0. The molecule has 0 saturated heterocycles. The quantitative estimate of drug-likeness (QED) is 0.143. The number of anilines is 6. The Bertz CT molecular complexity index is 3050. The van der Waals surface area contributed by atoms with Gasteiger partial charge in [-0.25, -0.2) is 0 Å². The summed E-state index contributed by atoms with van der Waals surface area (Å²) in [5, 5.41) is 0. The molecule has 9 aromatic rings. The third-order valence-corrected chi connectivity index (χ3v) is 14.5. The maximum Gasteiger partial charge on any atom is 0.0488 e. The van der Waals surface area contributed by atoms with Crippen LogP contribution in [0.2, 0.25) is 0 Å². The summed E-state index contributed by atoms with van der Waals surface area (Å²) in [6.45, 7) is 14.1. The van der Waals surface area contributed by atoms with Gasteiger partial charge in [0.05, 0.1) is 0 Å². The standard InChI is InChI=1S/C63H54N2/c1-61(2,45-20-10-7-11-21-45)46-32-30-43(31-33-46)44-38-51(64(47-22-12-8-13-23-47)49-34-36-55-53-26-16-18-28-57(53)62(3,4)59(55)41-49)40-52(39-44)65(48-24-14-9-15-25-48)50-35-37-56-54-27-17-19-29-58(54)63(5,6)60(56)42-50/h7-42H,1-6H3. The Morgan fingerprint density at radius 3 is 1.14 bits per heavy atom. The second kappa shape index (κ2) is 15.4. The average molecular weight is 839 g/mol. The number of para-hydroxylation sites is 2. The second-order valence-electron chi connectivity index (χ2n) is 19.4. The van der Waals surface area contributed by atoms with Gasteiger partial charge in [0.25, 0.3) is 0 Å². The van der Waals surface area contributed by atoms with Gasteiger partial charge in [-0.3, -0.25) is 0 Å². The molecule has 2 aliphatic carbocycles. The Labute approximate surface area is 385 Å². The average Bonchev–Trinajstić information content (AvgIpc) is 3.71. The summed E-state index contributed by atoms with van der Waals surface area (Å²) in [5.74, 6) is 0. The third-order valence-electron chi connectivity index (χ3n) is 14.5. The van der Waals surface area contributed by atoms with Crippen molar-refractivity contribution in [3.8, 4) is 33.4 Å². The van der Waals surface area contributed by atoms with E-state index >= 15 is 0 Å². The predicted octanol–water partition coefficient (Wildman–Crippen LogP) is 17.2. The van der Waals surface area contributed by atoms with Crippen molar-refractivity contribution in [2.45, 2.75) is 57.8 Å². The zero-order valence-electron chi connectivity index (χ0n) is 38.2. The first-order chi connectivity index (χ1) is 31.5. The van der Waals surface area contributed by atoms with Gasteiger partial charge < -0.3 is 9.80 Å². The zero-order chi connectivity index (χ0) is 44.5. The lowest BCUT2D eigenvalue weighted by atomic mass is 9.78. The van der Waals surface area contributed by atoms with Crippen molar-refractivity contribution in [3.05, 3.63) is 252 Å². The van der Waals surface area contributed by atoms with Crippen molar-refractivity contribution in [1.82, 2.24) is 0 Å². The van der Waals surface area contributed by atoms with Crippen LogP contribution in [0.3, 0.4) is 0 Å². The van der Waals surface area contributed by atoms with E-state index in [4.69, 9.17) is 0 Å². The SMILES string of the molecule is CC(C)(c1ccccc1)c1ccc(-c2cc(N(c3ccccc3)c3ccc4c(c3)C(C)(C)c3ccccc3-4)cc(N(c3ccccc3)c3ccc4c(c3)C(C)(C)c3ccccc3-4)c2)cc1. The fourth-order valence-corrected chi connectivity index (χ4v) is 10.8. The van der Waals surface area contributed by atoms with Gasteiger partial charge in [0.1, 0.15) is 0 Å². The van der Waals surface area contributed by atoms with Crippen molar-refractivity contribution in [2.24, 2.45) is 0 Å². The van der Waals surface area contributed by atoms with Crippen molar-refractivity contribution >= 4 is 34.1 Å².